The van der Waals surface area contributed by atoms with Crippen molar-refractivity contribution in [1.29, 1.82) is 0 Å². The molecule has 0 nitrogen and oxygen atoms in total. The summed E-state index contributed by atoms with van der Waals surface area (Å²) >= 11 is 10.2. The summed E-state index contributed by atoms with van der Waals surface area (Å²) in [4.78, 5) is 0.604. The zero-order valence-corrected chi connectivity index (χ0v) is 8.80. The first-order valence-electron chi connectivity index (χ1n) is 2.45. The molecule has 0 atom stereocenters. The third-order valence-corrected chi connectivity index (χ3v) is 3.19. The van der Waals surface area contributed by atoms with Gasteiger partial charge in [0.05, 0.1) is 4.47 Å². The van der Waals surface area contributed by atoms with E-state index in [4.69, 9.17) is 0 Å². The first kappa shape index (κ1) is 8.56. The lowest BCUT2D eigenvalue weighted by molar-refractivity contribution is 0.616. The number of benzene rings is 1. The summed E-state index contributed by atoms with van der Waals surface area (Å²) in [5.41, 5.74) is 0. The Balaban J connectivity index is 3.31. The summed E-state index contributed by atoms with van der Waals surface area (Å²) in [7, 11) is 0. The molecule has 1 rings (SSSR count). The van der Waals surface area contributed by atoms with Crippen molar-refractivity contribution in [3.63, 3.8) is 0 Å². The van der Waals surface area contributed by atoms with Crippen LogP contribution >= 0.6 is 44.5 Å². The molecule has 54 valence electrons. The van der Waals surface area contributed by atoms with Gasteiger partial charge in [0.15, 0.2) is 0 Å². The molecule has 1 aromatic rings. The Morgan fingerprint density at radius 1 is 1.30 bits per heavy atom. The van der Waals surface area contributed by atoms with Crippen LogP contribution in [0.1, 0.15) is 0 Å². The van der Waals surface area contributed by atoms with E-state index < -0.39 is 0 Å². The number of thiol groups is 1. The second kappa shape index (κ2) is 3.24. The van der Waals surface area contributed by atoms with Crippen molar-refractivity contribution < 1.29 is 4.39 Å². The lowest BCUT2D eigenvalue weighted by atomic mass is 10.3. The molecule has 10 heavy (non-hydrogen) atoms. The largest absolute Gasteiger partial charge is 0.206 e. The van der Waals surface area contributed by atoms with Gasteiger partial charge in [-0.1, -0.05) is 0 Å². The molecular weight excluding hydrogens is 283 g/mol. The molecule has 0 aliphatic heterocycles. The van der Waals surface area contributed by atoms with Crippen LogP contribution in [0, 0.1) is 5.82 Å². The van der Waals surface area contributed by atoms with E-state index in [9.17, 15) is 4.39 Å². The van der Waals surface area contributed by atoms with Gasteiger partial charge in [-0.05, 0) is 44.0 Å². The van der Waals surface area contributed by atoms with Gasteiger partial charge >= 0.3 is 0 Å². The Labute approximate surface area is 80.5 Å². The molecular formula is C6H3Br2FS. The second-order valence-electron chi connectivity index (χ2n) is 1.72. The molecule has 0 saturated heterocycles. The Kier molecular flexibility index (Phi) is 2.77. The van der Waals surface area contributed by atoms with Crippen molar-refractivity contribution in [2.75, 3.05) is 0 Å². The quantitative estimate of drug-likeness (QED) is 0.546. The maximum Gasteiger partial charge on any atom is 0.139 e. The molecule has 0 heterocycles. The van der Waals surface area contributed by atoms with E-state index in [-0.39, 0.29) is 5.82 Å². The van der Waals surface area contributed by atoms with Gasteiger partial charge in [-0.15, -0.1) is 12.6 Å². The molecule has 4 heteroatoms. The summed E-state index contributed by atoms with van der Waals surface area (Å²) in [6.07, 6.45) is 0. The minimum atomic E-state index is -0.306. The Morgan fingerprint density at radius 2 is 1.90 bits per heavy atom. The average Bonchev–Trinajstić information content (AvgIpc) is 1.82. The fourth-order valence-corrected chi connectivity index (χ4v) is 1.63. The van der Waals surface area contributed by atoms with Crippen LogP contribution in [0.5, 0.6) is 0 Å². The van der Waals surface area contributed by atoms with Gasteiger partial charge in [0, 0.05) is 9.37 Å². The number of halogens is 3. The maximum atomic E-state index is 12.7. The molecule has 0 unspecified atom stereocenters. The van der Waals surface area contributed by atoms with E-state index in [1.807, 2.05) is 0 Å². The zero-order chi connectivity index (χ0) is 7.72. The topological polar surface area (TPSA) is 0 Å². The van der Waals surface area contributed by atoms with E-state index in [1.165, 1.54) is 6.07 Å². The highest BCUT2D eigenvalue weighted by Crippen LogP contribution is 2.28. The molecule has 0 aromatic heterocycles. The minimum Gasteiger partial charge on any atom is -0.206 e. The molecule has 0 aliphatic rings. The van der Waals surface area contributed by atoms with Crippen LogP contribution in [-0.4, -0.2) is 0 Å². The van der Waals surface area contributed by atoms with E-state index in [0.717, 1.165) is 0 Å². The highest BCUT2D eigenvalue weighted by molar-refractivity contribution is 9.13. The van der Waals surface area contributed by atoms with Crippen LogP contribution in [0.4, 0.5) is 4.39 Å². The number of hydrogen-bond acceptors (Lipinski definition) is 1. The smallest absolute Gasteiger partial charge is 0.139 e. The minimum absolute atomic E-state index is 0.306. The van der Waals surface area contributed by atoms with Gasteiger partial charge in [-0.2, -0.15) is 0 Å². The fourth-order valence-electron chi connectivity index (χ4n) is 0.542. The van der Waals surface area contributed by atoms with Crippen molar-refractivity contribution in [3.05, 3.63) is 26.9 Å². The monoisotopic (exact) mass is 284 g/mol. The van der Waals surface area contributed by atoms with Gasteiger partial charge in [0.25, 0.3) is 0 Å². The summed E-state index contributed by atoms with van der Waals surface area (Å²) in [6.45, 7) is 0. The summed E-state index contributed by atoms with van der Waals surface area (Å²) in [6, 6.07) is 3.06. The molecule has 0 N–H and O–H groups in total. The highest BCUT2D eigenvalue weighted by Gasteiger charge is 2.03. The maximum absolute atomic E-state index is 12.7. The van der Waals surface area contributed by atoms with Crippen LogP contribution in [0.15, 0.2) is 26.0 Å². The summed E-state index contributed by atoms with van der Waals surface area (Å²) in [5, 5.41) is 0. The summed E-state index contributed by atoms with van der Waals surface area (Å²) < 4.78 is 13.8. The molecule has 0 bridgehead atoms. The van der Waals surface area contributed by atoms with Gasteiger partial charge < -0.3 is 0 Å². The zero-order valence-electron chi connectivity index (χ0n) is 4.74. The number of rotatable bonds is 0. The van der Waals surface area contributed by atoms with Crippen molar-refractivity contribution in [3.8, 4) is 0 Å². The molecule has 1 aromatic carbocycles. The lowest BCUT2D eigenvalue weighted by Crippen LogP contribution is -1.78. The van der Waals surface area contributed by atoms with Crippen LogP contribution in [0.25, 0.3) is 0 Å². The fraction of sp³-hybridized carbons (Fsp3) is 0. The van der Waals surface area contributed by atoms with E-state index in [2.05, 4.69) is 44.5 Å². The lowest BCUT2D eigenvalue weighted by Gasteiger charge is -1.98. The van der Waals surface area contributed by atoms with Crippen LogP contribution < -0.4 is 0 Å². The van der Waals surface area contributed by atoms with Crippen LogP contribution in [0.3, 0.4) is 0 Å². The van der Waals surface area contributed by atoms with Gasteiger partial charge in [-0.25, -0.2) is 4.39 Å². The molecule has 0 amide bonds. The van der Waals surface area contributed by atoms with Crippen molar-refractivity contribution in [2.24, 2.45) is 0 Å². The third-order valence-electron chi connectivity index (χ3n) is 0.969. The molecule has 0 aliphatic carbocycles. The third kappa shape index (κ3) is 1.74. The van der Waals surface area contributed by atoms with Gasteiger partial charge in [0.1, 0.15) is 5.82 Å². The highest BCUT2D eigenvalue weighted by atomic mass is 79.9. The predicted octanol–water partition coefficient (Wildman–Crippen LogP) is 3.64. The Hall–Kier alpha value is 0.460. The van der Waals surface area contributed by atoms with E-state index in [1.54, 1.807) is 6.07 Å². The number of hydrogen-bond donors (Lipinski definition) is 1. The van der Waals surface area contributed by atoms with Crippen LogP contribution in [0.2, 0.25) is 0 Å². The van der Waals surface area contributed by atoms with Gasteiger partial charge in [0.2, 0.25) is 0 Å². The van der Waals surface area contributed by atoms with Crippen molar-refractivity contribution in [1.82, 2.24) is 0 Å². The van der Waals surface area contributed by atoms with Crippen LogP contribution in [-0.2, 0) is 0 Å². The van der Waals surface area contributed by atoms with Crippen molar-refractivity contribution in [2.45, 2.75) is 4.90 Å². The molecule has 0 fully saturated rings. The Bertz CT molecular complexity index is 239. The van der Waals surface area contributed by atoms with Crippen molar-refractivity contribution >= 4 is 44.5 Å². The predicted molar refractivity (Wildman–Crippen MR) is 49.1 cm³/mol. The SMILES string of the molecule is Fc1cc(S)cc(Br)c1Br. The van der Waals surface area contributed by atoms with E-state index >= 15 is 0 Å². The second-order valence-corrected chi connectivity index (χ2v) is 3.89. The Morgan fingerprint density at radius 3 is 2.40 bits per heavy atom. The standard InChI is InChI=1S/C6H3Br2FS/c7-4-1-3(10)2-5(9)6(4)8/h1-2,10H. The molecule has 0 radical (unpaired) electrons. The van der Waals surface area contributed by atoms with E-state index in [0.29, 0.717) is 13.8 Å². The normalized spacial score (nSPS) is 10.0. The summed E-state index contributed by atoms with van der Waals surface area (Å²) in [5.74, 6) is -0.306. The first-order chi connectivity index (χ1) is 4.61. The molecule has 0 saturated carbocycles. The average molecular weight is 286 g/mol. The van der Waals surface area contributed by atoms with Gasteiger partial charge in [-0.3, -0.25) is 0 Å². The molecule has 0 spiro atoms. The first-order valence-corrected chi connectivity index (χ1v) is 4.48.